The van der Waals surface area contributed by atoms with Gasteiger partial charge in [-0.1, -0.05) is 0 Å². The topological polar surface area (TPSA) is 105 Å². The van der Waals surface area contributed by atoms with Gasteiger partial charge in [0.2, 0.25) is 0 Å². The molecule has 0 saturated heterocycles. The van der Waals surface area contributed by atoms with Gasteiger partial charge in [-0.15, -0.1) is 0 Å². The van der Waals surface area contributed by atoms with Gasteiger partial charge >= 0.3 is 11.7 Å². The van der Waals surface area contributed by atoms with E-state index in [0.29, 0.717) is 35.8 Å². The van der Waals surface area contributed by atoms with Crippen molar-refractivity contribution in [1.82, 2.24) is 4.98 Å². The molecular weight excluding hydrogens is 330 g/mol. The fraction of sp³-hybridized carbons (Fsp3) is 0.500. The second-order valence-corrected chi connectivity index (χ2v) is 5.66. The number of aromatic nitrogens is 1. The minimum absolute atomic E-state index is 0.0444. The number of carboxylic acid groups (broad SMARTS) is 1. The maximum Gasteiger partial charge on any atom is 0.311 e. The van der Waals surface area contributed by atoms with E-state index in [1.54, 1.807) is 0 Å². The number of nitrogens with zero attached hydrogens (tertiary/aromatic N) is 2. The Labute approximate surface area is 123 Å². The molecule has 0 bridgehead atoms. The van der Waals surface area contributed by atoms with Crippen LogP contribution in [0.1, 0.15) is 25.7 Å². The van der Waals surface area contributed by atoms with E-state index in [4.69, 9.17) is 5.11 Å². The molecule has 0 atom stereocenters. The average Bonchev–Trinajstić information content (AvgIpc) is 2.41. The highest BCUT2D eigenvalue weighted by atomic mass is 79.9. The van der Waals surface area contributed by atoms with E-state index in [-0.39, 0.29) is 17.6 Å². The van der Waals surface area contributed by atoms with Crippen molar-refractivity contribution in [3.8, 4) is 0 Å². The molecule has 0 amide bonds. The Morgan fingerprint density at radius 3 is 2.60 bits per heavy atom. The van der Waals surface area contributed by atoms with Crippen molar-refractivity contribution in [3.63, 3.8) is 0 Å². The number of aliphatic carboxylic acids is 1. The SMILES string of the molecule is O=C(O)C1CCC(Nc2c(Br)cncc2[N+](=O)[O-])CC1. The first-order chi connectivity index (χ1) is 9.49. The molecule has 1 saturated carbocycles. The normalized spacial score (nSPS) is 22.2. The van der Waals surface area contributed by atoms with Crippen LogP contribution in [0.5, 0.6) is 0 Å². The number of hydrogen-bond donors (Lipinski definition) is 2. The summed E-state index contributed by atoms with van der Waals surface area (Å²) in [5, 5.41) is 23.1. The minimum Gasteiger partial charge on any atom is -0.481 e. The molecule has 20 heavy (non-hydrogen) atoms. The molecule has 0 radical (unpaired) electrons. The summed E-state index contributed by atoms with van der Waals surface area (Å²) < 4.78 is 0.534. The molecule has 0 aromatic carbocycles. The van der Waals surface area contributed by atoms with Gasteiger partial charge in [-0.2, -0.15) is 0 Å². The van der Waals surface area contributed by atoms with Crippen LogP contribution in [0.15, 0.2) is 16.9 Å². The summed E-state index contributed by atoms with van der Waals surface area (Å²) in [6.07, 6.45) is 5.24. The van der Waals surface area contributed by atoms with Crippen molar-refractivity contribution >= 4 is 33.3 Å². The second kappa shape index (κ2) is 6.17. The zero-order valence-electron chi connectivity index (χ0n) is 10.6. The van der Waals surface area contributed by atoms with Gasteiger partial charge in [-0.25, -0.2) is 0 Å². The first kappa shape index (κ1) is 14.7. The van der Waals surface area contributed by atoms with Crippen molar-refractivity contribution < 1.29 is 14.8 Å². The summed E-state index contributed by atoms with van der Waals surface area (Å²) in [5.74, 6) is -1.07. The van der Waals surface area contributed by atoms with E-state index < -0.39 is 10.9 Å². The number of nitrogens with one attached hydrogen (secondary N) is 1. The van der Waals surface area contributed by atoms with Gasteiger partial charge in [0.05, 0.1) is 15.3 Å². The van der Waals surface area contributed by atoms with E-state index >= 15 is 0 Å². The highest BCUT2D eigenvalue weighted by Crippen LogP contribution is 2.34. The largest absolute Gasteiger partial charge is 0.481 e. The van der Waals surface area contributed by atoms with Crippen molar-refractivity contribution in [2.75, 3.05) is 5.32 Å². The smallest absolute Gasteiger partial charge is 0.311 e. The molecule has 8 heteroatoms. The maximum atomic E-state index is 11.0. The highest BCUT2D eigenvalue weighted by Gasteiger charge is 2.28. The molecule has 7 nitrogen and oxygen atoms in total. The quantitative estimate of drug-likeness (QED) is 0.643. The summed E-state index contributed by atoms with van der Waals surface area (Å²) in [7, 11) is 0. The molecule has 0 aliphatic heterocycles. The number of rotatable bonds is 4. The third-order valence-electron chi connectivity index (χ3n) is 3.50. The average molecular weight is 344 g/mol. The van der Waals surface area contributed by atoms with E-state index in [1.807, 2.05) is 0 Å². The Hall–Kier alpha value is -1.70. The molecule has 2 N–H and O–H groups in total. The van der Waals surface area contributed by atoms with E-state index in [0.717, 1.165) is 0 Å². The monoisotopic (exact) mass is 343 g/mol. The minimum atomic E-state index is -0.764. The molecule has 1 aliphatic carbocycles. The summed E-state index contributed by atoms with van der Waals surface area (Å²) in [6.45, 7) is 0. The number of hydrogen-bond acceptors (Lipinski definition) is 5. The van der Waals surface area contributed by atoms with Crippen LogP contribution >= 0.6 is 15.9 Å². The Kier molecular flexibility index (Phi) is 4.53. The number of nitro groups is 1. The molecule has 1 aromatic heterocycles. The molecule has 1 aromatic rings. The van der Waals surface area contributed by atoms with Crippen LogP contribution in [0.4, 0.5) is 11.4 Å². The number of pyridine rings is 1. The van der Waals surface area contributed by atoms with Crippen LogP contribution in [-0.2, 0) is 4.79 Å². The van der Waals surface area contributed by atoms with E-state index in [1.165, 1.54) is 12.4 Å². The molecule has 2 rings (SSSR count). The predicted molar refractivity (Wildman–Crippen MR) is 75.6 cm³/mol. The van der Waals surface area contributed by atoms with Crippen LogP contribution in [0.3, 0.4) is 0 Å². The summed E-state index contributed by atoms with van der Waals surface area (Å²) in [4.78, 5) is 25.2. The first-order valence-corrected chi connectivity index (χ1v) is 7.05. The Morgan fingerprint density at radius 1 is 1.40 bits per heavy atom. The summed E-state index contributed by atoms with van der Waals surface area (Å²) >= 11 is 3.25. The van der Waals surface area contributed by atoms with Gasteiger partial charge < -0.3 is 10.4 Å². The molecule has 1 aliphatic rings. The van der Waals surface area contributed by atoms with Crippen LogP contribution < -0.4 is 5.32 Å². The fourth-order valence-corrected chi connectivity index (χ4v) is 2.83. The van der Waals surface area contributed by atoms with Crippen molar-refractivity contribution in [2.24, 2.45) is 5.92 Å². The molecule has 108 valence electrons. The Morgan fingerprint density at radius 2 is 2.05 bits per heavy atom. The lowest BCUT2D eigenvalue weighted by Gasteiger charge is -2.27. The fourth-order valence-electron chi connectivity index (χ4n) is 2.39. The molecular formula is C12H14BrN3O4. The van der Waals surface area contributed by atoms with Gasteiger partial charge in [-0.05, 0) is 41.6 Å². The van der Waals surface area contributed by atoms with Crippen LogP contribution in [0.2, 0.25) is 0 Å². The molecule has 1 heterocycles. The van der Waals surface area contributed by atoms with Gasteiger partial charge in [-0.3, -0.25) is 19.9 Å². The third kappa shape index (κ3) is 3.24. The lowest BCUT2D eigenvalue weighted by Crippen LogP contribution is -2.29. The Balaban J connectivity index is 2.08. The second-order valence-electron chi connectivity index (χ2n) is 4.80. The lowest BCUT2D eigenvalue weighted by atomic mass is 9.86. The van der Waals surface area contributed by atoms with Crippen molar-refractivity contribution in [1.29, 1.82) is 0 Å². The van der Waals surface area contributed by atoms with Gasteiger partial charge in [0.15, 0.2) is 0 Å². The third-order valence-corrected chi connectivity index (χ3v) is 4.10. The van der Waals surface area contributed by atoms with E-state index in [2.05, 4.69) is 26.2 Å². The maximum absolute atomic E-state index is 11.0. The number of halogens is 1. The van der Waals surface area contributed by atoms with Crippen LogP contribution in [0.25, 0.3) is 0 Å². The number of carbonyl (C=O) groups is 1. The zero-order chi connectivity index (χ0) is 14.7. The summed E-state index contributed by atoms with van der Waals surface area (Å²) in [6, 6.07) is 0.0444. The summed E-state index contributed by atoms with van der Waals surface area (Å²) in [5.41, 5.74) is 0.323. The standard InChI is InChI=1S/C12H14BrN3O4/c13-9-5-14-6-10(16(19)20)11(9)15-8-3-1-7(2-4-8)12(17)18/h5-8H,1-4H2,(H,14,15)(H,17,18). The highest BCUT2D eigenvalue weighted by molar-refractivity contribution is 9.10. The molecule has 1 fully saturated rings. The number of carboxylic acids is 1. The van der Waals surface area contributed by atoms with Gasteiger partial charge in [0.25, 0.3) is 0 Å². The van der Waals surface area contributed by atoms with E-state index in [9.17, 15) is 14.9 Å². The lowest BCUT2D eigenvalue weighted by molar-refractivity contribution is -0.384. The van der Waals surface area contributed by atoms with Crippen molar-refractivity contribution in [3.05, 3.63) is 27.0 Å². The zero-order valence-corrected chi connectivity index (χ0v) is 12.2. The molecule has 0 unspecified atom stereocenters. The van der Waals surface area contributed by atoms with Crippen molar-refractivity contribution in [2.45, 2.75) is 31.7 Å². The first-order valence-electron chi connectivity index (χ1n) is 6.26. The number of anilines is 1. The van der Waals surface area contributed by atoms with Gasteiger partial charge in [0.1, 0.15) is 11.9 Å². The van der Waals surface area contributed by atoms with Gasteiger partial charge in [0, 0.05) is 12.2 Å². The predicted octanol–water partition coefficient (Wildman–Crippen LogP) is 2.81. The Bertz CT molecular complexity index is 529. The molecule has 0 spiro atoms. The van der Waals surface area contributed by atoms with Crippen LogP contribution in [0, 0.1) is 16.0 Å². The van der Waals surface area contributed by atoms with Crippen LogP contribution in [-0.4, -0.2) is 27.0 Å².